The molecule has 2 aliphatic rings. The number of fused-ring (bicyclic) bond motifs is 1. The van der Waals surface area contributed by atoms with Crippen molar-refractivity contribution >= 4 is 5.91 Å². The van der Waals surface area contributed by atoms with Crippen molar-refractivity contribution < 1.29 is 4.79 Å². The number of amides is 1. The van der Waals surface area contributed by atoms with Crippen LogP contribution in [0.3, 0.4) is 0 Å². The third-order valence-corrected chi connectivity index (χ3v) is 4.61. The Bertz CT molecular complexity index is 561. The summed E-state index contributed by atoms with van der Waals surface area (Å²) in [4.78, 5) is 26.4. The first-order valence-corrected chi connectivity index (χ1v) is 7.94. The molecule has 0 radical (unpaired) electrons. The number of aromatic nitrogens is 1. The summed E-state index contributed by atoms with van der Waals surface area (Å²) in [6.07, 6.45) is 5.60. The van der Waals surface area contributed by atoms with Gasteiger partial charge in [-0.05, 0) is 62.7 Å². The van der Waals surface area contributed by atoms with Crippen LogP contribution in [0.2, 0.25) is 0 Å². The van der Waals surface area contributed by atoms with E-state index in [9.17, 15) is 9.59 Å². The van der Waals surface area contributed by atoms with Gasteiger partial charge < -0.3 is 15.6 Å². The SMILES string of the molecule is O=C(CCC1CCNC1)NC1CCCc2[nH]c(=O)ccc21. The topological polar surface area (TPSA) is 74.0 Å². The summed E-state index contributed by atoms with van der Waals surface area (Å²) < 4.78 is 0. The molecule has 1 fully saturated rings. The average molecular weight is 289 g/mol. The van der Waals surface area contributed by atoms with Crippen LogP contribution in [0, 0.1) is 5.92 Å². The Kier molecular flexibility index (Phi) is 4.39. The van der Waals surface area contributed by atoms with Gasteiger partial charge in [0.05, 0.1) is 6.04 Å². The van der Waals surface area contributed by atoms with Crippen LogP contribution in [0.5, 0.6) is 0 Å². The first kappa shape index (κ1) is 14.3. The molecule has 5 nitrogen and oxygen atoms in total. The number of rotatable bonds is 4. The monoisotopic (exact) mass is 289 g/mol. The highest BCUT2D eigenvalue weighted by molar-refractivity contribution is 5.76. The number of aromatic amines is 1. The van der Waals surface area contributed by atoms with Crippen molar-refractivity contribution in [1.82, 2.24) is 15.6 Å². The van der Waals surface area contributed by atoms with Gasteiger partial charge in [-0.3, -0.25) is 9.59 Å². The fourth-order valence-corrected chi connectivity index (χ4v) is 3.41. The summed E-state index contributed by atoms with van der Waals surface area (Å²) in [5, 5.41) is 6.47. The van der Waals surface area contributed by atoms with Crippen molar-refractivity contribution in [2.45, 2.75) is 44.6 Å². The quantitative estimate of drug-likeness (QED) is 0.781. The van der Waals surface area contributed by atoms with Gasteiger partial charge in [-0.1, -0.05) is 0 Å². The molecule has 3 N–H and O–H groups in total. The normalized spacial score (nSPS) is 24.6. The molecule has 1 aliphatic carbocycles. The lowest BCUT2D eigenvalue weighted by atomic mass is 9.91. The van der Waals surface area contributed by atoms with Gasteiger partial charge in [-0.15, -0.1) is 0 Å². The van der Waals surface area contributed by atoms with Gasteiger partial charge in [0.25, 0.3) is 0 Å². The van der Waals surface area contributed by atoms with Crippen LogP contribution in [-0.4, -0.2) is 24.0 Å². The van der Waals surface area contributed by atoms with Gasteiger partial charge in [0.1, 0.15) is 0 Å². The number of H-pyrrole nitrogens is 1. The zero-order valence-electron chi connectivity index (χ0n) is 12.3. The summed E-state index contributed by atoms with van der Waals surface area (Å²) in [5.74, 6) is 0.775. The Hall–Kier alpha value is -1.62. The van der Waals surface area contributed by atoms with E-state index in [2.05, 4.69) is 15.6 Å². The van der Waals surface area contributed by atoms with E-state index in [1.165, 1.54) is 6.42 Å². The minimum absolute atomic E-state index is 0.0554. The summed E-state index contributed by atoms with van der Waals surface area (Å²) in [7, 11) is 0. The minimum Gasteiger partial charge on any atom is -0.349 e. The van der Waals surface area contributed by atoms with E-state index in [1.54, 1.807) is 6.07 Å². The molecule has 0 bridgehead atoms. The number of pyridine rings is 1. The highest BCUT2D eigenvalue weighted by Crippen LogP contribution is 2.27. The second-order valence-electron chi connectivity index (χ2n) is 6.17. The molecule has 3 rings (SSSR count). The Morgan fingerprint density at radius 1 is 1.33 bits per heavy atom. The van der Waals surface area contributed by atoms with Crippen molar-refractivity contribution in [3.63, 3.8) is 0 Å². The smallest absolute Gasteiger partial charge is 0.248 e. The van der Waals surface area contributed by atoms with E-state index in [4.69, 9.17) is 0 Å². The van der Waals surface area contributed by atoms with Crippen LogP contribution in [0.25, 0.3) is 0 Å². The Balaban J connectivity index is 1.58. The fraction of sp³-hybridized carbons (Fsp3) is 0.625. The molecule has 0 saturated carbocycles. The molecular weight excluding hydrogens is 266 g/mol. The second-order valence-corrected chi connectivity index (χ2v) is 6.17. The van der Waals surface area contributed by atoms with Crippen LogP contribution in [0.1, 0.15) is 49.4 Å². The van der Waals surface area contributed by atoms with E-state index >= 15 is 0 Å². The maximum Gasteiger partial charge on any atom is 0.248 e. The maximum absolute atomic E-state index is 12.1. The van der Waals surface area contributed by atoms with Crippen molar-refractivity contribution in [2.75, 3.05) is 13.1 Å². The molecule has 1 aromatic heterocycles. The number of carbonyl (C=O) groups is 1. The second kappa shape index (κ2) is 6.43. The Morgan fingerprint density at radius 2 is 2.24 bits per heavy atom. The molecule has 0 spiro atoms. The fourth-order valence-electron chi connectivity index (χ4n) is 3.41. The molecule has 0 aromatic carbocycles. The maximum atomic E-state index is 12.1. The molecule has 2 atom stereocenters. The largest absolute Gasteiger partial charge is 0.349 e. The summed E-state index contributed by atoms with van der Waals surface area (Å²) in [6, 6.07) is 3.46. The lowest BCUT2D eigenvalue weighted by Gasteiger charge is -2.26. The van der Waals surface area contributed by atoms with E-state index < -0.39 is 0 Å². The summed E-state index contributed by atoms with van der Waals surface area (Å²) in [5.41, 5.74) is 2.00. The molecule has 114 valence electrons. The average Bonchev–Trinajstić information content (AvgIpc) is 2.98. The van der Waals surface area contributed by atoms with E-state index in [0.29, 0.717) is 12.3 Å². The minimum atomic E-state index is -0.0607. The zero-order valence-corrected chi connectivity index (χ0v) is 12.3. The molecular formula is C16H23N3O2. The van der Waals surface area contributed by atoms with Crippen molar-refractivity contribution in [3.05, 3.63) is 33.7 Å². The number of carbonyl (C=O) groups excluding carboxylic acids is 1. The molecule has 1 aliphatic heterocycles. The van der Waals surface area contributed by atoms with Crippen LogP contribution in [0.4, 0.5) is 0 Å². The highest BCUT2D eigenvalue weighted by atomic mass is 16.1. The first-order valence-electron chi connectivity index (χ1n) is 7.94. The predicted molar refractivity (Wildman–Crippen MR) is 81.1 cm³/mol. The highest BCUT2D eigenvalue weighted by Gasteiger charge is 2.23. The number of hydrogen-bond donors (Lipinski definition) is 3. The number of hydrogen-bond acceptors (Lipinski definition) is 3. The van der Waals surface area contributed by atoms with Crippen LogP contribution < -0.4 is 16.2 Å². The summed E-state index contributed by atoms with van der Waals surface area (Å²) in [6.45, 7) is 2.12. The standard InChI is InChI=1S/C16H23N3O2/c20-15(6-4-11-8-9-17-10-11)18-13-2-1-3-14-12(13)5-7-16(21)19-14/h5,7,11,13,17H,1-4,6,8-10H2,(H,18,20)(H,19,21). The van der Waals surface area contributed by atoms with Crippen LogP contribution in [-0.2, 0) is 11.2 Å². The van der Waals surface area contributed by atoms with Gasteiger partial charge >= 0.3 is 0 Å². The van der Waals surface area contributed by atoms with Gasteiger partial charge in [-0.2, -0.15) is 0 Å². The number of nitrogens with one attached hydrogen (secondary N) is 3. The molecule has 2 heterocycles. The predicted octanol–water partition coefficient (Wildman–Crippen LogP) is 1.26. The number of aryl methyl sites for hydroxylation is 1. The van der Waals surface area contributed by atoms with E-state index in [0.717, 1.165) is 50.0 Å². The van der Waals surface area contributed by atoms with Crippen LogP contribution >= 0.6 is 0 Å². The van der Waals surface area contributed by atoms with Crippen molar-refractivity contribution in [1.29, 1.82) is 0 Å². The Morgan fingerprint density at radius 3 is 3.05 bits per heavy atom. The van der Waals surface area contributed by atoms with Gasteiger partial charge in [0.15, 0.2) is 0 Å². The molecule has 5 heteroatoms. The molecule has 2 unspecified atom stereocenters. The first-order chi connectivity index (χ1) is 10.2. The molecule has 1 aromatic rings. The van der Waals surface area contributed by atoms with E-state index in [-0.39, 0.29) is 17.5 Å². The van der Waals surface area contributed by atoms with Crippen molar-refractivity contribution in [2.24, 2.45) is 5.92 Å². The van der Waals surface area contributed by atoms with E-state index in [1.807, 2.05) is 6.07 Å². The van der Waals surface area contributed by atoms with Gasteiger partial charge in [0, 0.05) is 18.2 Å². The molecule has 1 amide bonds. The zero-order chi connectivity index (χ0) is 14.7. The third-order valence-electron chi connectivity index (χ3n) is 4.61. The lowest BCUT2D eigenvalue weighted by Crippen LogP contribution is -2.32. The summed E-state index contributed by atoms with van der Waals surface area (Å²) >= 11 is 0. The van der Waals surface area contributed by atoms with Gasteiger partial charge in [0.2, 0.25) is 11.5 Å². The molecule has 1 saturated heterocycles. The Labute approximate surface area is 124 Å². The third kappa shape index (κ3) is 3.53. The van der Waals surface area contributed by atoms with Gasteiger partial charge in [-0.25, -0.2) is 0 Å². The molecule has 21 heavy (non-hydrogen) atoms. The lowest BCUT2D eigenvalue weighted by molar-refractivity contribution is -0.122. The van der Waals surface area contributed by atoms with Crippen molar-refractivity contribution in [3.8, 4) is 0 Å². The van der Waals surface area contributed by atoms with Crippen LogP contribution in [0.15, 0.2) is 16.9 Å².